The number of hydrogen-bond acceptors (Lipinski definition) is 12. The van der Waals surface area contributed by atoms with Gasteiger partial charge in [-0.25, -0.2) is 9.59 Å². The number of fused-ring (bicyclic) bond motifs is 1. The summed E-state index contributed by atoms with van der Waals surface area (Å²) >= 11 is 1.35. The van der Waals surface area contributed by atoms with Gasteiger partial charge in [0.2, 0.25) is 18.6 Å². The number of benzene rings is 1. The van der Waals surface area contributed by atoms with E-state index in [9.17, 15) is 34.2 Å². The van der Waals surface area contributed by atoms with Crippen molar-refractivity contribution in [3.05, 3.63) is 40.4 Å². The van der Waals surface area contributed by atoms with Crippen LogP contribution >= 0.6 is 11.8 Å². The zero-order chi connectivity index (χ0) is 29.1. The second kappa shape index (κ2) is 14.0. The quantitative estimate of drug-likeness (QED) is 0.109. The van der Waals surface area contributed by atoms with Gasteiger partial charge in [-0.15, -0.1) is 11.8 Å². The van der Waals surface area contributed by atoms with E-state index in [1.165, 1.54) is 41.8 Å². The molecule has 0 bridgehead atoms. The van der Waals surface area contributed by atoms with Crippen LogP contribution in [0, 0.1) is 11.8 Å². The largest absolute Gasteiger partial charge is 1.00 e. The smallest absolute Gasteiger partial charge is 0.545 e. The number of thioether (sulfide) groups is 1. The van der Waals surface area contributed by atoms with Gasteiger partial charge in [-0.2, -0.15) is 0 Å². The predicted molar refractivity (Wildman–Crippen MR) is 138 cm³/mol. The van der Waals surface area contributed by atoms with E-state index in [0.29, 0.717) is 23.6 Å². The molecule has 3 N–H and O–H groups in total. The molecule has 13 nitrogen and oxygen atoms in total. The molecule has 0 aliphatic carbocycles. The zero-order valence-corrected chi connectivity index (χ0v) is 25.9. The number of β-lactam (4-membered cyclic amide) rings is 1. The summed E-state index contributed by atoms with van der Waals surface area (Å²) in [6.07, 6.45) is -1.53. The number of nitrogens with one attached hydrogen (secondary N) is 2. The van der Waals surface area contributed by atoms with Crippen molar-refractivity contribution in [2.75, 3.05) is 25.3 Å². The summed E-state index contributed by atoms with van der Waals surface area (Å²) in [5.41, 5.74) is 0.289. The Balaban J connectivity index is 0.00000462. The maximum Gasteiger partial charge on any atom is 1.00 e. The molecule has 41 heavy (non-hydrogen) atoms. The van der Waals surface area contributed by atoms with Crippen LogP contribution in [0.3, 0.4) is 0 Å². The summed E-state index contributed by atoms with van der Waals surface area (Å²) in [4.78, 5) is 63.2. The van der Waals surface area contributed by atoms with Gasteiger partial charge in [0.1, 0.15) is 5.70 Å². The third kappa shape index (κ3) is 7.07. The Bertz CT molecular complexity index is 1240. The van der Waals surface area contributed by atoms with Crippen LogP contribution in [0.5, 0.6) is 0 Å². The molecule has 4 rings (SSSR count). The molecule has 3 aliphatic heterocycles. The van der Waals surface area contributed by atoms with E-state index in [2.05, 4.69) is 15.4 Å². The molecule has 1 aromatic carbocycles. The molecule has 3 aliphatic rings. The minimum Gasteiger partial charge on any atom is -0.545 e. The SMILES string of the molecule is CCOC(=O)OCOC(=O)C1=C(S[C@@H]2CN[C@H](C(=O)Nc3cccc(C(=O)[O-])c3)C2)[C@H](C)[C@@H]2[C@@H]([C@@H](C)O)C(=O)N12.[Na+]. The number of ether oxygens (including phenoxy) is 3. The first kappa shape index (κ1) is 32.9. The second-order valence-corrected chi connectivity index (χ2v) is 11.0. The Labute approximate surface area is 262 Å². The van der Waals surface area contributed by atoms with Gasteiger partial charge in [-0.1, -0.05) is 19.1 Å². The fourth-order valence-corrected chi connectivity index (χ4v) is 6.63. The number of nitrogens with zero attached hydrogens (tertiary/aromatic N) is 1. The van der Waals surface area contributed by atoms with Crippen LogP contribution in [0.4, 0.5) is 10.5 Å². The minimum absolute atomic E-state index is 0. The average molecular weight is 600 g/mol. The molecular formula is C26H30N3NaO10S. The monoisotopic (exact) mass is 599 g/mol. The Hall–Kier alpha value is -2.62. The molecule has 2 amide bonds. The Morgan fingerprint density at radius 3 is 2.63 bits per heavy atom. The second-order valence-electron chi connectivity index (χ2n) is 9.64. The number of carbonyl (C=O) groups excluding carboxylic acids is 5. The van der Waals surface area contributed by atoms with Crippen LogP contribution in [-0.4, -0.2) is 83.3 Å². The Morgan fingerprint density at radius 1 is 1.24 bits per heavy atom. The van der Waals surface area contributed by atoms with E-state index in [0.717, 1.165) is 0 Å². The van der Waals surface area contributed by atoms with E-state index in [-0.39, 0.29) is 64.5 Å². The van der Waals surface area contributed by atoms with Crippen molar-refractivity contribution in [1.82, 2.24) is 10.2 Å². The fourth-order valence-electron chi connectivity index (χ4n) is 5.15. The number of aromatic carboxylic acids is 1. The van der Waals surface area contributed by atoms with Gasteiger partial charge in [0.25, 0.3) is 0 Å². The van der Waals surface area contributed by atoms with Crippen LogP contribution in [0.15, 0.2) is 34.9 Å². The number of carboxylic acid groups (broad SMARTS) is 1. The molecule has 0 saturated carbocycles. The van der Waals surface area contributed by atoms with Crippen molar-refractivity contribution >= 4 is 47.4 Å². The van der Waals surface area contributed by atoms with E-state index < -0.39 is 54.9 Å². The number of anilines is 1. The molecule has 216 valence electrons. The van der Waals surface area contributed by atoms with Crippen LogP contribution in [-0.2, 0) is 28.6 Å². The van der Waals surface area contributed by atoms with Crippen molar-refractivity contribution in [1.29, 1.82) is 0 Å². The number of esters is 1. The van der Waals surface area contributed by atoms with Crippen molar-refractivity contribution in [3.63, 3.8) is 0 Å². The normalized spacial score (nSPS) is 25.4. The molecule has 2 saturated heterocycles. The summed E-state index contributed by atoms with van der Waals surface area (Å²) in [5.74, 6) is -3.93. The maximum absolute atomic E-state index is 13.1. The summed E-state index contributed by atoms with van der Waals surface area (Å²) in [6.45, 7) is 4.78. The van der Waals surface area contributed by atoms with Gasteiger partial charge in [-0.3, -0.25) is 9.59 Å². The van der Waals surface area contributed by atoms with Crippen LogP contribution in [0.1, 0.15) is 37.6 Å². The summed E-state index contributed by atoms with van der Waals surface area (Å²) in [6, 6.07) is 4.72. The average Bonchev–Trinajstić information content (AvgIpc) is 3.46. The Kier molecular flexibility index (Phi) is 11.3. The molecule has 6 atom stereocenters. The minimum atomic E-state index is -1.35. The standard InChI is InChI=1S/C26H31N3O10S.Na/c1-4-37-26(36)39-11-38-25(35)20-21(12(2)19-18(13(3)30)23(32)29(19)20)40-16-9-17(27-10-16)22(31)28-15-7-5-6-14(8-15)24(33)34;/h5-8,12-13,16-19,27,30H,4,9-11H2,1-3H3,(H,28,31)(H,33,34);/q;+1/p-1/t12-,13-,16+,17+,18-,19-;/m1./s1. The van der Waals surface area contributed by atoms with E-state index >= 15 is 0 Å². The molecule has 1 aromatic rings. The summed E-state index contributed by atoms with van der Waals surface area (Å²) < 4.78 is 14.5. The van der Waals surface area contributed by atoms with Crippen molar-refractivity contribution in [2.24, 2.45) is 11.8 Å². The van der Waals surface area contributed by atoms with E-state index in [1.807, 2.05) is 6.92 Å². The number of carbonyl (C=O) groups is 5. The first-order valence-corrected chi connectivity index (χ1v) is 13.7. The molecular weight excluding hydrogens is 569 g/mol. The van der Waals surface area contributed by atoms with E-state index in [1.54, 1.807) is 13.0 Å². The van der Waals surface area contributed by atoms with Gasteiger partial charge in [0, 0.05) is 28.3 Å². The van der Waals surface area contributed by atoms with Crippen molar-refractivity contribution in [3.8, 4) is 0 Å². The number of aliphatic hydroxyl groups is 1. The molecule has 15 heteroatoms. The van der Waals surface area contributed by atoms with Gasteiger partial charge in [0.15, 0.2) is 0 Å². The number of carboxylic acids is 1. The first-order valence-electron chi connectivity index (χ1n) is 12.8. The number of aliphatic hydroxyl groups excluding tert-OH is 1. The number of rotatable bonds is 10. The van der Waals surface area contributed by atoms with Gasteiger partial charge < -0.3 is 44.8 Å². The summed E-state index contributed by atoms with van der Waals surface area (Å²) in [7, 11) is 0. The van der Waals surface area contributed by atoms with Crippen LogP contribution < -0.4 is 45.3 Å². The molecule has 0 unspecified atom stereocenters. The third-order valence-corrected chi connectivity index (χ3v) is 8.51. The topological polar surface area (TPSA) is 184 Å². The van der Waals surface area contributed by atoms with Crippen molar-refractivity contribution < 1.29 is 78.0 Å². The predicted octanol–water partition coefficient (Wildman–Crippen LogP) is -2.80. The zero-order valence-electron chi connectivity index (χ0n) is 23.1. The van der Waals surface area contributed by atoms with E-state index in [4.69, 9.17) is 9.47 Å². The van der Waals surface area contributed by atoms with Gasteiger partial charge in [0.05, 0.1) is 36.7 Å². The van der Waals surface area contributed by atoms with Crippen molar-refractivity contribution in [2.45, 2.75) is 50.6 Å². The number of amides is 2. The molecule has 2 fully saturated rings. The Morgan fingerprint density at radius 2 is 1.98 bits per heavy atom. The summed E-state index contributed by atoms with van der Waals surface area (Å²) in [5, 5.41) is 27.0. The van der Waals surface area contributed by atoms with Crippen LogP contribution in [0.2, 0.25) is 0 Å². The number of hydrogen-bond donors (Lipinski definition) is 3. The third-order valence-electron chi connectivity index (χ3n) is 7.00. The maximum atomic E-state index is 13.1. The van der Waals surface area contributed by atoms with Gasteiger partial charge in [-0.05, 0) is 38.0 Å². The molecule has 0 aromatic heterocycles. The molecule has 0 spiro atoms. The molecule has 3 heterocycles. The molecule has 0 radical (unpaired) electrons. The van der Waals surface area contributed by atoms with Crippen LogP contribution in [0.25, 0.3) is 0 Å². The first-order chi connectivity index (χ1) is 19.0. The fraction of sp³-hybridized carbons (Fsp3) is 0.500. The van der Waals surface area contributed by atoms with Gasteiger partial charge >= 0.3 is 41.7 Å².